The van der Waals surface area contributed by atoms with Gasteiger partial charge in [-0.15, -0.1) is 0 Å². The van der Waals surface area contributed by atoms with Crippen molar-refractivity contribution in [2.45, 2.75) is 59.3 Å². The van der Waals surface area contributed by atoms with Gasteiger partial charge >= 0.3 is 0 Å². The summed E-state index contributed by atoms with van der Waals surface area (Å²) < 4.78 is 5.53. The van der Waals surface area contributed by atoms with E-state index in [4.69, 9.17) is 4.74 Å². The van der Waals surface area contributed by atoms with Crippen LogP contribution in [0.1, 0.15) is 59.3 Å². The fraction of sp³-hybridized carbons (Fsp3) is 1.00. The number of nitrogens with one attached hydrogen (secondary N) is 1. The van der Waals surface area contributed by atoms with Crippen molar-refractivity contribution in [3.8, 4) is 0 Å². The van der Waals surface area contributed by atoms with Gasteiger partial charge in [-0.2, -0.15) is 0 Å². The molecule has 0 spiro atoms. The molecule has 0 saturated carbocycles. The predicted octanol–water partition coefficient (Wildman–Crippen LogP) is 3.61. The first kappa shape index (κ1) is 15.9. The van der Waals surface area contributed by atoms with Crippen molar-refractivity contribution < 1.29 is 4.74 Å². The Labute approximate surface area is 102 Å². The Morgan fingerprint density at radius 3 is 2.38 bits per heavy atom. The van der Waals surface area contributed by atoms with Crippen molar-refractivity contribution in [3.63, 3.8) is 0 Å². The van der Waals surface area contributed by atoms with Crippen molar-refractivity contribution in [3.05, 3.63) is 0 Å². The molecule has 1 N–H and O–H groups in total. The lowest BCUT2D eigenvalue weighted by Gasteiger charge is -2.07. The zero-order valence-corrected chi connectivity index (χ0v) is 11.6. The van der Waals surface area contributed by atoms with Crippen LogP contribution >= 0.6 is 0 Å². The molecule has 0 bridgehead atoms. The van der Waals surface area contributed by atoms with Gasteiger partial charge in [0.25, 0.3) is 0 Å². The quantitative estimate of drug-likeness (QED) is 0.516. The van der Waals surface area contributed by atoms with Crippen LogP contribution in [-0.2, 0) is 4.74 Å². The molecule has 2 nitrogen and oxygen atoms in total. The summed E-state index contributed by atoms with van der Waals surface area (Å²) >= 11 is 0. The fourth-order valence-corrected chi connectivity index (χ4v) is 1.54. The third-order valence-electron chi connectivity index (χ3n) is 2.72. The van der Waals surface area contributed by atoms with Crippen LogP contribution < -0.4 is 5.32 Å². The van der Waals surface area contributed by atoms with Crippen LogP contribution in [0.3, 0.4) is 0 Å². The molecule has 0 aromatic heterocycles. The minimum Gasteiger partial charge on any atom is -0.380 e. The Morgan fingerprint density at radius 1 is 0.938 bits per heavy atom. The molecule has 0 rings (SSSR count). The molecule has 16 heavy (non-hydrogen) atoms. The molecule has 0 aliphatic rings. The molecule has 98 valence electrons. The molecule has 0 amide bonds. The molecule has 0 radical (unpaired) electrons. The highest BCUT2D eigenvalue weighted by atomic mass is 16.5. The molecule has 0 heterocycles. The van der Waals surface area contributed by atoms with E-state index in [9.17, 15) is 0 Å². The van der Waals surface area contributed by atoms with E-state index in [0.717, 1.165) is 32.2 Å². The van der Waals surface area contributed by atoms with E-state index in [1.807, 2.05) is 0 Å². The maximum absolute atomic E-state index is 5.53. The second kappa shape index (κ2) is 13.0. The summed E-state index contributed by atoms with van der Waals surface area (Å²) in [6.07, 6.45) is 7.97. The molecular weight excluding hydrogens is 198 g/mol. The molecule has 0 aliphatic carbocycles. The monoisotopic (exact) mass is 229 g/mol. The highest BCUT2D eigenvalue weighted by Gasteiger charge is 1.94. The molecule has 0 aromatic rings. The Morgan fingerprint density at radius 2 is 1.69 bits per heavy atom. The van der Waals surface area contributed by atoms with E-state index < -0.39 is 0 Å². The van der Waals surface area contributed by atoms with Gasteiger partial charge in [0.1, 0.15) is 0 Å². The average molecular weight is 229 g/mol. The molecule has 0 atom stereocenters. The lowest BCUT2D eigenvalue weighted by Crippen LogP contribution is -2.21. The summed E-state index contributed by atoms with van der Waals surface area (Å²) in [5.74, 6) is 0.756. The SMILES string of the molecule is CCCCCCCNCCOCCC(C)C. The van der Waals surface area contributed by atoms with E-state index in [0.29, 0.717) is 0 Å². The number of ether oxygens (including phenoxy) is 1. The van der Waals surface area contributed by atoms with Crippen molar-refractivity contribution in [2.24, 2.45) is 5.92 Å². The maximum atomic E-state index is 5.53. The first-order valence-electron chi connectivity index (χ1n) is 7.05. The first-order chi connectivity index (χ1) is 7.77. The molecule has 0 fully saturated rings. The zero-order chi connectivity index (χ0) is 12.1. The van der Waals surface area contributed by atoms with Crippen LogP contribution in [0.25, 0.3) is 0 Å². The summed E-state index contributed by atoms with van der Waals surface area (Å²) in [4.78, 5) is 0. The van der Waals surface area contributed by atoms with Gasteiger partial charge < -0.3 is 10.1 Å². The van der Waals surface area contributed by atoms with Gasteiger partial charge in [-0.25, -0.2) is 0 Å². The fourth-order valence-electron chi connectivity index (χ4n) is 1.54. The third-order valence-corrected chi connectivity index (χ3v) is 2.72. The van der Waals surface area contributed by atoms with E-state index in [1.54, 1.807) is 0 Å². The van der Waals surface area contributed by atoms with Crippen molar-refractivity contribution in [1.29, 1.82) is 0 Å². The van der Waals surface area contributed by atoms with Crippen LogP contribution in [-0.4, -0.2) is 26.3 Å². The van der Waals surface area contributed by atoms with E-state index in [-0.39, 0.29) is 0 Å². The molecular formula is C14H31NO. The number of rotatable bonds is 12. The second-order valence-corrected chi connectivity index (χ2v) is 4.96. The van der Waals surface area contributed by atoms with Crippen LogP contribution in [0.2, 0.25) is 0 Å². The minimum atomic E-state index is 0.756. The smallest absolute Gasteiger partial charge is 0.0590 e. The van der Waals surface area contributed by atoms with Gasteiger partial charge in [-0.1, -0.05) is 46.5 Å². The van der Waals surface area contributed by atoms with Crippen molar-refractivity contribution in [1.82, 2.24) is 5.32 Å². The predicted molar refractivity (Wildman–Crippen MR) is 71.9 cm³/mol. The van der Waals surface area contributed by atoms with E-state index in [1.165, 1.54) is 38.5 Å². The molecule has 0 saturated heterocycles. The maximum Gasteiger partial charge on any atom is 0.0590 e. The van der Waals surface area contributed by atoms with Gasteiger partial charge in [0, 0.05) is 13.2 Å². The highest BCUT2D eigenvalue weighted by Crippen LogP contribution is 2.01. The topological polar surface area (TPSA) is 21.3 Å². The van der Waals surface area contributed by atoms with Crippen molar-refractivity contribution >= 4 is 0 Å². The van der Waals surface area contributed by atoms with Gasteiger partial charge in [0.2, 0.25) is 0 Å². The average Bonchev–Trinajstić information content (AvgIpc) is 2.25. The summed E-state index contributed by atoms with van der Waals surface area (Å²) in [7, 11) is 0. The first-order valence-corrected chi connectivity index (χ1v) is 7.05. The van der Waals surface area contributed by atoms with Crippen molar-refractivity contribution in [2.75, 3.05) is 26.3 Å². The molecule has 0 unspecified atom stereocenters. The molecule has 2 heteroatoms. The summed E-state index contributed by atoms with van der Waals surface area (Å²) in [5, 5.41) is 3.43. The normalized spacial score (nSPS) is 11.2. The Kier molecular flexibility index (Phi) is 12.9. The van der Waals surface area contributed by atoms with Crippen LogP contribution in [0, 0.1) is 5.92 Å². The Balaban J connectivity index is 2.88. The van der Waals surface area contributed by atoms with E-state index in [2.05, 4.69) is 26.1 Å². The Hall–Kier alpha value is -0.0800. The van der Waals surface area contributed by atoms with Gasteiger partial charge in [0.15, 0.2) is 0 Å². The summed E-state index contributed by atoms with van der Waals surface area (Å²) in [5.41, 5.74) is 0. The Bertz CT molecular complexity index is 126. The lowest BCUT2D eigenvalue weighted by atomic mass is 10.1. The molecule has 0 aliphatic heterocycles. The highest BCUT2D eigenvalue weighted by molar-refractivity contribution is 4.49. The number of unbranched alkanes of at least 4 members (excludes halogenated alkanes) is 4. The molecule has 0 aromatic carbocycles. The van der Waals surface area contributed by atoms with Gasteiger partial charge in [0.05, 0.1) is 6.61 Å². The summed E-state index contributed by atoms with van der Waals surface area (Å²) in [6, 6.07) is 0. The number of hydrogen-bond donors (Lipinski definition) is 1. The standard InChI is InChI=1S/C14H31NO/c1-4-5-6-7-8-10-15-11-13-16-12-9-14(2)3/h14-15H,4-13H2,1-3H3. The minimum absolute atomic E-state index is 0.756. The summed E-state index contributed by atoms with van der Waals surface area (Å²) in [6.45, 7) is 10.7. The van der Waals surface area contributed by atoms with Gasteiger partial charge in [-0.3, -0.25) is 0 Å². The third kappa shape index (κ3) is 13.9. The lowest BCUT2D eigenvalue weighted by molar-refractivity contribution is 0.125. The van der Waals surface area contributed by atoms with Gasteiger partial charge in [-0.05, 0) is 25.3 Å². The van der Waals surface area contributed by atoms with Crippen LogP contribution in [0.5, 0.6) is 0 Å². The van der Waals surface area contributed by atoms with Crippen LogP contribution in [0.4, 0.5) is 0 Å². The largest absolute Gasteiger partial charge is 0.380 e. The number of hydrogen-bond acceptors (Lipinski definition) is 2. The second-order valence-electron chi connectivity index (χ2n) is 4.96. The van der Waals surface area contributed by atoms with E-state index >= 15 is 0 Å². The zero-order valence-electron chi connectivity index (χ0n) is 11.6. The van der Waals surface area contributed by atoms with Crippen LogP contribution in [0.15, 0.2) is 0 Å².